The van der Waals surface area contributed by atoms with Gasteiger partial charge in [-0.2, -0.15) is 23.4 Å². The normalized spacial score (nSPS) is 11.9. The molecule has 1 N–H and O–H groups in total. The second kappa shape index (κ2) is 6.60. The molecule has 3 rings (SSSR count). The fraction of sp³-hybridized carbons (Fsp3) is 0.333. The van der Waals surface area contributed by atoms with Gasteiger partial charge in [0.25, 0.3) is 5.91 Å². The standard InChI is InChI=1S/C15H14ClF3N6O/c1-3-24-5-4-9(22-24)7-20-14(26)12-11(16)13-21-8(2)6-10(15(17,18)19)25(13)23-12/h4-6H,3,7H2,1-2H3,(H,20,26). The van der Waals surface area contributed by atoms with Gasteiger partial charge in [-0.1, -0.05) is 11.6 Å². The van der Waals surface area contributed by atoms with Gasteiger partial charge >= 0.3 is 6.18 Å². The van der Waals surface area contributed by atoms with E-state index in [1.54, 1.807) is 16.9 Å². The van der Waals surface area contributed by atoms with Crippen molar-refractivity contribution in [3.05, 3.63) is 46.1 Å². The third-order valence-corrected chi connectivity index (χ3v) is 3.96. The molecule has 0 saturated carbocycles. The van der Waals surface area contributed by atoms with E-state index in [0.717, 1.165) is 6.07 Å². The number of aromatic nitrogens is 5. The van der Waals surface area contributed by atoms with Crippen molar-refractivity contribution in [3.63, 3.8) is 0 Å². The van der Waals surface area contributed by atoms with Crippen molar-refractivity contribution in [2.75, 3.05) is 0 Å². The molecule has 0 aliphatic heterocycles. The lowest BCUT2D eigenvalue weighted by atomic mass is 10.3. The van der Waals surface area contributed by atoms with Crippen molar-refractivity contribution in [2.24, 2.45) is 0 Å². The molecule has 11 heteroatoms. The van der Waals surface area contributed by atoms with Crippen LogP contribution in [0.2, 0.25) is 5.02 Å². The molecule has 0 fully saturated rings. The summed E-state index contributed by atoms with van der Waals surface area (Å²) in [4.78, 5) is 16.3. The minimum atomic E-state index is -4.66. The second-order valence-corrected chi connectivity index (χ2v) is 5.90. The van der Waals surface area contributed by atoms with Crippen LogP contribution in [0, 0.1) is 6.92 Å². The zero-order valence-electron chi connectivity index (χ0n) is 13.8. The number of hydrogen-bond donors (Lipinski definition) is 1. The maximum atomic E-state index is 13.2. The van der Waals surface area contributed by atoms with Crippen LogP contribution in [0.4, 0.5) is 13.2 Å². The Morgan fingerprint density at radius 3 is 2.69 bits per heavy atom. The van der Waals surface area contributed by atoms with Crippen LogP contribution in [0.15, 0.2) is 18.3 Å². The van der Waals surface area contributed by atoms with Crippen molar-refractivity contribution in [2.45, 2.75) is 33.1 Å². The zero-order chi connectivity index (χ0) is 19.1. The van der Waals surface area contributed by atoms with Gasteiger partial charge in [0.05, 0.1) is 12.2 Å². The summed E-state index contributed by atoms with van der Waals surface area (Å²) in [6, 6.07) is 2.57. The lowest BCUT2D eigenvalue weighted by molar-refractivity contribution is -0.142. The number of carbonyl (C=O) groups is 1. The molecular formula is C15H14ClF3N6O. The van der Waals surface area contributed by atoms with E-state index in [1.165, 1.54) is 6.92 Å². The Balaban J connectivity index is 1.92. The largest absolute Gasteiger partial charge is 0.433 e. The van der Waals surface area contributed by atoms with Gasteiger partial charge in [0, 0.05) is 18.4 Å². The van der Waals surface area contributed by atoms with Crippen LogP contribution in [0.3, 0.4) is 0 Å². The Labute approximate surface area is 150 Å². The highest BCUT2D eigenvalue weighted by Crippen LogP contribution is 2.32. The van der Waals surface area contributed by atoms with Gasteiger partial charge in [-0.25, -0.2) is 9.50 Å². The van der Waals surface area contributed by atoms with Crippen LogP contribution >= 0.6 is 11.6 Å². The number of alkyl halides is 3. The van der Waals surface area contributed by atoms with Crippen LogP contribution in [0.1, 0.15) is 34.5 Å². The minimum absolute atomic E-state index is 0.0919. The smallest absolute Gasteiger partial charge is 0.345 e. The Morgan fingerprint density at radius 1 is 1.35 bits per heavy atom. The highest BCUT2D eigenvalue weighted by Gasteiger charge is 2.36. The predicted molar refractivity (Wildman–Crippen MR) is 86.8 cm³/mol. The molecule has 26 heavy (non-hydrogen) atoms. The zero-order valence-corrected chi connectivity index (χ0v) is 14.6. The first-order valence-corrected chi connectivity index (χ1v) is 8.02. The number of halogens is 4. The average Bonchev–Trinajstić information content (AvgIpc) is 3.16. The van der Waals surface area contributed by atoms with E-state index in [4.69, 9.17) is 11.6 Å². The molecule has 0 bridgehead atoms. The van der Waals surface area contributed by atoms with Crippen LogP contribution in [-0.4, -0.2) is 30.3 Å². The average molecular weight is 387 g/mol. The molecule has 0 unspecified atom stereocenters. The van der Waals surface area contributed by atoms with E-state index in [9.17, 15) is 18.0 Å². The van der Waals surface area contributed by atoms with Crippen molar-refractivity contribution in [1.29, 1.82) is 0 Å². The SMILES string of the molecule is CCn1ccc(CNC(=O)c2nn3c(C(F)(F)F)cc(C)nc3c2Cl)n1. The molecule has 138 valence electrons. The Kier molecular flexibility index (Phi) is 4.61. The van der Waals surface area contributed by atoms with Gasteiger partial charge < -0.3 is 5.32 Å². The molecule has 0 atom stereocenters. The van der Waals surface area contributed by atoms with Crippen LogP contribution < -0.4 is 5.32 Å². The first kappa shape index (κ1) is 18.2. The number of fused-ring (bicyclic) bond motifs is 1. The van der Waals surface area contributed by atoms with Crippen molar-refractivity contribution >= 4 is 23.2 Å². The summed E-state index contributed by atoms with van der Waals surface area (Å²) < 4.78 is 41.8. The van der Waals surface area contributed by atoms with E-state index in [-0.39, 0.29) is 28.6 Å². The Hall–Kier alpha value is -2.62. The molecule has 0 aliphatic carbocycles. The highest BCUT2D eigenvalue weighted by molar-refractivity contribution is 6.36. The number of nitrogens with one attached hydrogen (secondary N) is 1. The van der Waals surface area contributed by atoms with Gasteiger partial charge in [0.2, 0.25) is 0 Å². The molecule has 1 amide bonds. The van der Waals surface area contributed by atoms with Crippen LogP contribution in [0.5, 0.6) is 0 Å². The quantitative estimate of drug-likeness (QED) is 0.748. The molecule has 0 aromatic carbocycles. The summed E-state index contributed by atoms with van der Waals surface area (Å²) in [6.07, 6.45) is -2.91. The number of aryl methyl sites for hydroxylation is 2. The second-order valence-electron chi connectivity index (χ2n) is 5.52. The summed E-state index contributed by atoms with van der Waals surface area (Å²) >= 11 is 6.06. The van der Waals surface area contributed by atoms with Crippen LogP contribution in [0.25, 0.3) is 5.65 Å². The van der Waals surface area contributed by atoms with E-state index >= 15 is 0 Å². The number of carbonyl (C=O) groups excluding carboxylic acids is 1. The first-order chi connectivity index (χ1) is 12.2. The molecule has 0 aliphatic rings. The molecule has 0 radical (unpaired) electrons. The number of amides is 1. The third-order valence-electron chi connectivity index (χ3n) is 3.62. The lowest BCUT2D eigenvalue weighted by Crippen LogP contribution is -2.24. The maximum absolute atomic E-state index is 13.2. The minimum Gasteiger partial charge on any atom is -0.345 e. The number of hydrogen-bond acceptors (Lipinski definition) is 4. The van der Waals surface area contributed by atoms with Gasteiger partial charge in [-0.15, -0.1) is 0 Å². The molecule has 3 heterocycles. The monoisotopic (exact) mass is 386 g/mol. The lowest BCUT2D eigenvalue weighted by Gasteiger charge is -2.09. The predicted octanol–water partition coefficient (Wildman–Crippen LogP) is 2.86. The van der Waals surface area contributed by atoms with Crippen molar-refractivity contribution in [3.8, 4) is 0 Å². The molecule has 3 aromatic rings. The summed E-state index contributed by atoms with van der Waals surface area (Å²) in [5.41, 5.74) is -0.888. The van der Waals surface area contributed by atoms with Crippen molar-refractivity contribution < 1.29 is 18.0 Å². The van der Waals surface area contributed by atoms with Gasteiger partial charge in [0.15, 0.2) is 11.3 Å². The van der Waals surface area contributed by atoms with Crippen LogP contribution in [-0.2, 0) is 19.3 Å². The Bertz CT molecular complexity index is 978. The molecule has 0 spiro atoms. The first-order valence-electron chi connectivity index (χ1n) is 7.64. The van der Waals surface area contributed by atoms with E-state index in [1.807, 2.05) is 6.92 Å². The molecule has 7 nitrogen and oxygen atoms in total. The molecule has 0 saturated heterocycles. The fourth-order valence-corrected chi connectivity index (χ4v) is 2.63. The highest BCUT2D eigenvalue weighted by atomic mass is 35.5. The van der Waals surface area contributed by atoms with E-state index < -0.39 is 17.8 Å². The molecule has 3 aromatic heterocycles. The van der Waals surface area contributed by atoms with Gasteiger partial charge in [-0.05, 0) is 26.0 Å². The van der Waals surface area contributed by atoms with E-state index in [2.05, 4.69) is 20.5 Å². The topological polar surface area (TPSA) is 77.1 Å². The van der Waals surface area contributed by atoms with Crippen molar-refractivity contribution in [1.82, 2.24) is 29.7 Å². The molecular weight excluding hydrogens is 373 g/mol. The summed E-state index contributed by atoms with van der Waals surface area (Å²) in [5.74, 6) is -0.711. The fourth-order valence-electron chi connectivity index (χ4n) is 2.39. The van der Waals surface area contributed by atoms with Gasteiger partial charge in [0.1, 0.15) is 10.7 Å². The van der Waals surface area contributed by atoms with E-state index in [0.29, 0.717) is 16.8 Å². The number of nitrogens with zero attached hydrogens (tertiary/aromatic N) is 5. The summed E-state index contributed by atoms with van der Waals surface area (Å²) in [6.45, 7) is 4.09. The summed E-state index contributed by atoms with van der Waals surface area (Å²) in [7, 11) is 0. The number of rotatable bonds is 4. The third kappa shape index (κ3) is 3.36. The van der Waals surface area contributed by atoms with Gasteiger partial charge in [-0.3, -0.25) is 9.48 Å². The summed E-state index contributed by atoms with van der Waals surface area (Å²) in [5, 5.41) is 10.2. The Morgan fingerprint density at radius 2 is 2.08 bits per heavy atom. The maximum Gasteiger partial charge on any atom is 0.433 e.